The van der Waals surface area contributed by atoms with E-state index in [1.54, 1.807) is 0 Å². The lowest BCUT2D eigenvalue weighted by atomic mass is 10.4. The fraction of sp³-hybridized carbons (Fsp3) is 0.667. The zero-order chi connectivity index (χ0) is 8.04. The van der Waals surface area contributed by atoms with Crippen LogP contribution in [0.25, 0.3) is 0 Å². The number of alkyl halides is 3. The zero-order valence-electron chi connectivity index (χ0n) is 5.61. The zero-order valence-corrected chi connectivity index (χ0v) is 5.61. The second-order valence-corrected chi connectivity index (χ2v) is 1.73. The van der Waals surface area contributed by atoms with Crippen molar-refractivity contribution in [1.82, 2.24) is 0 Å². The highest BCUT2D eigenvalue weighted by Crippen LogP contribution is 2.15. The van der Waals surface area contributed by atoms with Gasteiger partial charge in [0, 0.05) is 19.8 Å². The van der Waals surface area contributed by atoms with Crippen LogP contribution in [0.1, 0.15) is 6.42 Å². The van der Waals surface area contributed by atoms with E-state index in [9.17, 15) is 13.2 Å². The van der Waals surface area contributed by atoms with Crippen molar-refractivity contribution >= 4 is 0 Å². The van der Waals surface area contributed by atoms with Crippen molar-refractivity contribution in [3.63, 3.8) is 0 Å². The quantitative estimate of drug-likeness (QED) is 0.447. The molecule has 0 bridgehead atoms. The minimum absolute atomic E-state index is 0.214. The summed E-state index contributed by atoms with van der Waals surface area (Å²) in [7, 11) is 1.45. The van der Waals surface area contributed by atoms with Crippen LogP contribution in [-0.2, 0) is 4.74 Å². The van der Waals surface area contributed by atoms with Crippen LogP contribution < -0.4 is 0 Å². The van der Waals surface area contributed by atoms with E-state index in [2.05, 4.69) is 4.74 Å². The molecule has 10 heavy (non-hydrogen) atoms. The monoisotopic (exact) mass is 154 g/mol. The summed E-state index contributed by atoms with van der Waals surface area (Å²) in [6.45, 7) is 0.326. The molecule has 1 nitrogen and oxygen atoms in total. The summed E-state index contributed by atoms with van der Waals surface area (Å²) in [5.41, 5.74) is 0. The average Bonchev–Trinajstić information content (AvgIpc) is 1.78. The van der Waals surface area contributed by atoms with Crippen LogP contribution in [0.5, 0.6) is 0 Å². The normalized spacial score (nSPS) is 12.8. The Labute approximate surface area is 57.5 Å². The lowest BCUT2D eigenvalue weighted by molar-refractivity contribution is -0.0800. The van der Waals surface area contributed by atoms with Gasteiger partial charge in [0.25, 0.3) is 0 Å². The third kappa shape index (κ3) is 7.49. The van der Waals surface area contributed by atoms with Crippen LogP contribution in [0.4, 0.5) is 13.2 Å². The molecule has 0 N–H and O–H groups in total. The third-order valence-corrected chi connectivity index (χ3v) is 0.795. The number of ether oxygens (including phenoxy) is 1. The van der Waals surface area contributed by atoms with E-state index in [4.69, 9.17) is 0 Å². The second kappa shape index (κ2) is 4.33. The first-order chi connectivity index (χ1) is 4.56. The number of hydrogen-bond donors (Lipinski definition) is 0. The average molecular weight is 154 g/mol. The smallest absolute Gasteiger partial charge is 0.384 e. The van der Waals surface area contributed by atoms with E-state index in [0.717, 1.165) is 6.08 Å². The minimum Gasteiger partial charge on any atom is -0.384 e. The van der Waals surface area contributed by atoms with E-state index in [-0.39, 0.29) is 6.08 Å². The highest BCUT2D eigenvalue weighted by Gasteiger charge is 2.21. The molecule has 0 rings (SSSR count). The van der Waals surface area contributed by atoms with Gasteiger partial charge in [-0.1, -0.05) is 6.08 Å². The van der Waals surface area contributed by atoms with Gasteiger partial charge in [0.15, 0.2) is 0 Å². The maximum absolute atomic E-state index is 11.4. The first-order valence-electron chi connectivity index (χ1n) is 2.79. The number of halogens is 3. The van der Waals surface area contributed by atoms with Gasteiger partial charge in [-0.05, 0) is 6.42 Å². The van der Waals surface area contributed by atoms with Crippen LogP contribution in [0.15, 0.2) is 12.2 Å². The van der Waals surface area contributed by atoms with Crippen LogP contribution >= 0.6 is 0 Å². The number of allylic oxidation sites excluding steroid dienone is 1. The van der Waals surface area contributed by atoms with Gasteiger partial charge in [-0.2, -0.15) is 13.2 Å². The summed E-state index contributed by atoms with van der Waals surface area (Å²) in [6, 6.07) is 0. The third-order valence-electron chi connectivity index (χ3n) is 0.795. The molecule has 0 aromatic heterocycles. The lowest BCUT2D eigenvalue weighted by Crippen LogP contribution is -2.00. The number of hydrogen-bond acceptors (Lipinski definition) is 1. The minimum atomic E-state index is -4.19. The van der Waals surface area contributed by atoms with E-state index in [0.29, 0.717) is 13.0 Å². The van der Waals surface area contributed by atoms with Gasteiger partial charge in [-0.25, -0.2) is 0 Å². The summed E-state index contributed by atoms with van der Waals surface area (Å²) >= 11 is 0. The largest absolute Gasteiger partial charge is 0.409 e. The maximum atomic E-state index is 11.4. The first kappa shape index (κ1) is 9.49. The van der Waals surface area contributed by atoms with Crippen LogP contribution in [0, 0.1) is 0 Å². The standard InChI is InChI=1S/C6H9F3O/c1-10-5-3-2-4-6(7,8)9/h2,4H,3,5H2,1H3. The number of methoxy groups -OCH3 is 1. The number of rotatable bonds is 3. The Morgan fingerprint density at radius 2 is 2.00 bits per heavy atom. The Bertz CT molecular complexity index is 106. The molecular formula is C6H9F3O. The van der Waals surface area contributed by atoms with Crippen molar-refractivity contribution in [3.05, 3.63) is 12.2 Å². The van der Waals surface area contributed by atoms with Crippen LogP contribution in [0.3, 0.4) is 0 Å². The Morgan fingerprint density at radius 1 is 1.40 bits per heavy atom. The van der Waals surface area contributed by atoms with Gasteiger partial charge in [0.1, 0.15) is 0 Å². The highest BCUT2D eigenvalue weighted by molar-refractivity contribution is 4.88. The van der Waals surface area contributed by atoms with Gasteiger partial charge in [0.05, 0.1) is 0 Å². The predicted octanol–water partition coefficient (Wildman–Crippen LogP) is 2.14. The van der Waals surface area contributed by atoms with E-state index < -0.39 is 6.18 Å². The Balaban J connectivity index is 3.37. The molecular weight excluding hydrogens is 145 g/mol. The lowest BCUT2D eigenvalue weighted by Gasteiger charge is -1.96. The molecule has 0 saturated heterocycles. The molecule has 0 aromatic carbocycles. The molecule has 0 unspecified atom stereocenters. The summed E-state index contributed by atoms with van der Waals surface area (Å²) in [5.74, 6) is 0. The molecule has 0 radical (unpaired) electrons. The molecule has 0 spiro atoms. The van der Waals surface area contributed by atoms with Crippen molar-refractivity contribution in [2.24, 2.45) is 0 Å². The van der Waals surface area contributed by atoms with E-state index in [1.165, 1.54) is 7.11 Å². The van der Waals surface area contributed by atoms with Crippen molar-refractivity contribution in [2.75, 3.05) is 13.7 Å². The van der Waals surface area contributed by atoms with E-state index in [1.807, 2.05) is 0 Å². The molecule has 60 valence electrons. The molecule has 0 aliphatic heterocycles. The molecule has 0 atom stereocenters. The summed E-state index contributed by atoms with van der Waals surface area (Å²) in [5, 5.41) is 0. The summed E-state index contributed by atoms with van der Waals surface area (Å²) < 4.78 is 38.6. The van der Waals surface area contributed by atoms with Crippen molar-refractivity contribution in [2.45, 2.75) is 12.6 Å². The summed E-state index contributed by atoms with van der Waals surface area (Å²) in [4.78, 5) is 0. The van der Waals surface area contributed by atoms with Crippen molar-refractivity contribution in [3.8, 4) is 0 Å². The van der Waals surface area contributed by atoms with Gasteiger partial charge < -0.3 is 4.74 Å². The molecule has 4 heteroatoms. The molecule has 0 aliphatic carbocycles. The molecule has 0 aliphatic rings. The maximum Gasteiger partial charge on any atom is 0.409 e. The predicted molar refractivity (Wildman–Crippen MR) is 31.7 cm³/mol. The SMILES string of the molecule is COCCC=CC(F)(F)F. The Hall–Kier alpha value is -0.510. The fourth-order valence-corrected chi connectivity index (χ4v) is 0.403. The second-order valence-electron chi connectivity index (χ2n) is 1.73. The van der Waals surface area contributed by atoms with Crippen LogP contribution in [-0.4, -0.2) is 19.9 Å². The highest BCUT2D eigenvalue weighted by atomic mass is 19.4. The fourth-order valence-electron chi connectivity index (χ4n) is 0.403. The molecule has 0 fully saturated rings. The van der Waals surface area contributed by atoms with Crippen molar-refractivity contribution < 1.29 is 17.9 Å². The molecule has 0 amide bonds. The summed E-state index contributed by atoms with van der Waals surface area (Å²) in [6.07, 6.45) is -2.63. The Morgan fingerprint density at radius 3 is 2.40 bits per heavy atom. The van der Waals surface area contributed by atoms with Gasteiger partial charge in [-0.15, -0.1) is 0 Å². The Kier molecular flexibility index (Phi) is 4.11. The van der Waals surface area contributed by atoms with Crippen LogP contribution in [0.2, 0.25) is 0 Å². The molecule has 0 aromatic rings. The van der Waals surface area contributed by atoms with Gasteiger partial charge >= 0.3 is 6.18 Å². The molecule has 0 heterocycles. The topological polar surface area (TPSA) is 9.23 Å². The molecule has 0 saturated carbocycles. The van der Waals surface area contributed by atoms with Crippen molar-refractivity contribution in [1.29, 1.82) is 0 Å². The van der Waals surface area contributed by atoms with Gasteiger partial charge in [-0.3, -0.25) is 0 Å². The van der Waals surface area contributed by atoms with Gasteiger partial charge in [0.2, 0.25) is 0 Å². The first-order valence-corrected chi connectivity index (χ1v) is 2.79. The van der Waals surface area contributed by atoms with E-state index >= 15 is 0 Å².